The second-order valence-electron chi connectivity index (χ2n) is 6.00. The molecule has 0 aliphatic carbocycles. The molecule has 0 bridgehead atoms. The van der Waals surface area contributed by atoms with Crippen molar-refractivity contribution in [2.24, 2.45) is 0 Å². The highest BCUT2D eigenvalue weighted by Crippen LogP contribution is 2.26. The zero-order valence-electron chi connectivity index (χ0n) is 15.1. The predicted octanol–water partition coefficient (Wildman–Crippen LogP) is 4.02. The highest BCUT2D eigenvalue weighted by molar-refractivity contribution is 9.10. The van der Waals surface area contributed by atoms with E-state index in [0.717, 1.165) is 15.8 Å². The van der Waals surface area contributed by atoms with Crippen LogP contribution in [-0.2, 0) is 16.0 Å². The first-order chi connectivity index (χ1) is 13.4. The first kappa shape index (κ1) is 20.0. The topological polar surface area (TPSA) is 58.6 Å². The fourth-order valence-electron chi connectivity index (χ4n) is 2.88. The van der Waals surface area contributed by atoms with E-state index in [1.807, 2.05) is 12.1 Å². The van der Waals surface area contributed by atoms with E-state index in [9.17, 15) is 9.59 Å². The summed E-state index contributed by atoms with van der Waals surface area (Å²) in [6.45, 7) is 3.75. The summed E-state index contributed by atoms with van der Waals surface area (Å²) in [6.07, 6.45) is 3.92. The van der Waals surface area contributed by atoms with Gasteiger partial charge in [0.15, 0.2) is 5.11 Å². The van der Waals surface area contributed by atoms with Crippen molar-refractivity contribution >= 4 is 56.8 Å². The second-order valence-corrected chi connectivity index (χ2v) is 7.30. The van der Waals surface area contributed by atoms with E-state index in [0.29, 0.717) is 17.7 Å². The number of allylic oxidation sites excluding steroid dienone is 1. The molecule has 0 radical (unpaired) electrons. The van der Waals surface area contributed by atoms with E-state index in [-0.39, 0.29) is 10.7 Å². The average Bonchev–Trinajstić information content (AvgIpc) is 2.65. The number of nitrogens with zero attached hydrogens (tertiary/aromatic N) is 1. The van der Waals surface area contributed by atoms with Crippen molar-refractivity contribution in [1.29, 1.82) is 0 Å². The van der Waals surface area contributed by atoms with Crippen molar-refractivity contribution < 1.29 is 14.3 Å². The largest absolute Gasteiger partial charge is 0.496 e. The van der Waals surface area contributed by atoms with Gasteiger partial charge in [-0.1, -0.05) is 34.1 Å². The van der Waals surface area contributed by atoms with Crippen molar-refractivity contribution in [3.8, 4) is 5.75 Å². The number of hydrogen-bond acceptors (Lipinski definition) is 4. The van der Waals surface area contributed by atoms with E-state index in [4.69, 9.17) is 17.0 Å². The van der Waals surface area contributed by atoms with Crippen LogP contribution in [0.2, 0.25) is 0 Å². The number of ether oxygens (including phenoxy) is 1. The summed E-state index contributed by atoms with van der Waals surface area (Å²) in [4.78, 5) is 26.8. The van der Waals surface area contributed by atoms with Crippen LogP contribution in [-0.4, -0.2) is 24.0 Å². The molecule has 0 saturated carbocycles. The van der Waals surface area contributed by atoms with Crippen molar-refractivity contribution in [2.75, 3.05) is 12.0 Å². The highest BCUT2D eigenvalue weighted by Gasteiger charge is 2.34. The van der Waals surface area contributed by atoms with E-state index in [1.165, 1.54) is 4.90 Å². The monoisotopic (exact) mass is 456 g/mol. The lowest BCUT2D eigenvalue weighted by Crippen LogP contribution is -2.54. The van der Waals surface area contributed by atoms with E-state index in [2.05, 4.69) is 27.8 Å². The Labute approximate surface area is 176 Å². The SMILES string of the molecule is C=CCc1cc(/C=C2\C(=O)NC(=S)N(c3cccc(Br)c3)C2=O)ccc1OC. The summed E-state index contributed by atoms with van der Waals surface area (Å²) >= 11 is 8.60. The minimum absolute atomic E-state index is 0.00305. The Bertz CT molecular complexity index is 1020. The standard InChI is InChI=1S/C21H17BrN2O3S/c1-3-5-14-10-13(8-9-18(14)27-2)11-17-19(25)23-21(28)24(20(17)26)16-7-4-6-15(22)12-16/h3-4,6-12H,1,5H2,2H3,(H,23,25,28)/b17-11+. The van der Waals surface area contributed by atoms with Crippen LogP contribution < -0.4 is 15.0 Å². The number of nitrogens with one attached hydrogen (secondary N) is 1. The number of benzene rings is 2. The Morgan fingerprint density at radius 2 is 2.04 bits per heavy atom. The van der Waals surface area contributed by atoms with E-state index in [1.54, 1.807) is 49.6 Å². The third-order valence-corrected chi connectivity index (χ3v) is 4.93. The molecule has 3 rings (SSSR count). The zero-order chi connectivity index (χ0) is 20.3. The molecule has 142 valence electrons. The van der Waals surface area contributed by atoms with Gasteiger partial charge in [-0.25, -0.2) is 0 Å². The molecule has 28 heavy (non-hydrogen) atoms. The number of carbonyl (C=O) groups excluding carboxylic acids is 2. The molecule has 7 heteroatoms. The van der Waals surface area contributed by atoms with Gasteiger partial charge in [-0.15, -0.1) is 6.58 Å². The summed E-state index contributed by atoms with van der Waals surface area (Å²) in [5.41, 5.74) is 2.19. The Morgan fingerprint density at radius 1 is 1.25 bits per heavy atom. The maximum Gasteiger partial charge on any atom is 0.270 e. The van der Waals surface area contributed by atoms with E-state index < -0.39 is 11.8 Å². The van der Waals surface area contributed by atoms with Gasteiger partial charge in [-0.2, -0.15) is 0 Å². The average molecular weight is 457 g/mol. The fraction of sp³-hybridized carbons (Fsp3) is 0.0952. The molecule has 1 aliphatic heterocycles. The summed E-state index contributed by atoms with van der Waals surface area (Å²) in [5, 5.41) is 2.63. The first-order valence-electron chi connectivity index (χ1n) is 8.39. The number of carbonyl (C=O) groups is 2. The number of thiocarbonyl (C=S) groups is 1. The lowest BCUT2D eigenvalue weighted by Gasteiger charge is -2.29. The van der Waals surface area contributed by atoms with Gasteiger partial charge in [0.25, 0.3) is 11.8 Å². The Hall–Kier alpha value is -2.77. The van der Waals surface area contributed by atoms with Crippen molar-refractivity contribution in [2.45, 2.75) is 6.42 Å². The van der Waals surface area contributed by atoms with Crippen LogP contribution in [0.4, 0.5) is 5.69 Å². The molecule has 0 spiro atoms. The number of halogens is 1. The molecule has 2 aromatic carbocycles. The number of methoxy groups -OCH3 is 1. The van der Waals surface area contributed by atoms with Gasteiger partial charge in [0.1, 0.15) is 11.3 Å². The van der Waals surface area contributed by atoms with Crippen LogP contribution in [0.1, 0.15) is 11.1 Å². The van der Waals surface area contributed by atoms with Crippen LogP contribution in [0, 0.1) is 0 Å². The van der Waals surface area contributed by atoms with Crippen molar-refractivity contribution in [1.82, 2.24) is 5.32 Å². The van der Waals surface area contributed by atoms with Crippen molar-refractivity contribution in [3.05, 3.63) is 76.3 Å². The van der Waals surface area contributed by atoms with Crippen molar-refractivity contribution in [3.63, 3.8) is 0 Å². The molecule has 0 unspecified atom stereocenters. The Balaban J connectivity index is 2.02. The zero-order valence-corrected chi connectivity index (χ0v) is 17.5. The first-order valence-corrected chi connectivity index (χ1v) is 9.59. The molecule has 1 heterocycles. The molecule has 1 aliphatic rings. The van der Waals surface area contributed by atoms with Gasteiger partial charge < -0.3 is 4.74 Å². The third-order valence-electron chi connectivity index (χ3n) is 4.15. The Kier molecular flexibility index (Phi) is 6.06. The molecule has 2 amide bonds. The number of amides is 2. The minimum Gasteiger partial charge on any atom is -0.496 e. The summed E-state index contributed by atoms with van der Waals surface area (Å²) < 4.78 is 6.14. The number of hydrogen-bond donors (Lipinski definition) is 1. The molecule has 5 nitrogen and oxygen atoms in total. The second kappa shape index (κ2) is 8.50. The highest BCUT2D eigenvalue weighted by atomic mass is 79.9. The lowest BCUT2D eigenvalue weighted by molar-refractivity contribution is -0.122. The summed E-state index contributed by atoms with van der Waals surface area (Å²) in [5.74, 6) is -0.284. The van der Waals surface area contributed by atoms with Crippen LogP contribution in [0.15, 0.2) is 65.2 Å². The molecule has 0 atom stereocenters. The number of anilines is 1. The lowest BCUT2D eigenvalue weighted by atomic mass is 10.0. The maximum absolute atomic E-state index is 13.0. The molecular formula is C21H17BrN2O3S. The molecular weight excluding hydrogens is 440 g/mol. The molecule has 1 N–H and O–H groups in total. The quantitative estimate of drug-likeness (QED) is 0.319. The predicted molar refractivity (Wildman–Crippen MR) is 117 cm³/mol. The molecule has 1 fully saturated rings. The van der Waals surface area contributed by atoms with Gasteiger partial charge in [0.2, 0.25) is 0 Å². The maximum atomic E-state index is 13.0. The summed E-state index contributed by atoms with van der Waals surface area (Å²) in [6, 6.07) is 12.6. The van der Waals surface area contributed by atoms with Crippen LogP contribution in [0.25, 0.3) is 6.08 Å². The van der Waals surface area contributed by atoms with Crippen LogP contribution in [0.3, 0.4) is 0 Å². The molecule has 0 aromatic heterocycles. The summed E-state index contributed by atoms with van der Waals surface area (Å²) in [7, 11) is 1.59. The van der Waals surface area contributed by atoms with Crippen LogP contribution in [0.5, 0.6) is 5.75 Å². The number of rotatable bonds is 5. The van der Waals surface area contributed by atoms with Gasteiger partial charge >= 0.3 is 0 Å². The normalized spacial score (nSPS) is 15.6. The molecule has 1 saturated heterocycles. The van der Waals surface area contributed by atoms with Gasteiger partial charge in [0, 0.05) is 4.47 Å². The van der Waals surface area contributed by atoms with Gasteiger partial charge in [0.05, 0.1) is 12.8 Å². The van der Waals surface area contributed by atoms with E-state index >= 15 is 0 Å². The van der Waals surface area contributed by atoms with Gasteiger partial charge in [-0.3, -0.25) is 19.8 Å². The fourth-order valence-corrected chi connectivity index (χ4v) is 3.55. The third kappa shape index (κ3) is 4.05. The Morgan fingerprint density at radius 3 is 2.71 bits per heavy atom. The van der Waals surface area contributed by atoms with Crippen LogP contribution >= 0.6 is 28.1 Å². The van der Waals surface area contributed by atoms with Gasteiger partial charge in [-0.05, 0) is 66.2 Å². The molecule has 2 aromatic rings. The smallest absolute Gasteiger partial charge is 0.270 e. The minimum atomic E-state index is -0.526.